The molecule has 0 bridgehead atoms. The third-order valence-corrected chi connectivity index (χ3v) is 4.48. The lowest BCUT2D eigenvalue weighted by Gasteiger charge is -2.11. The lowest BCUT2D eigenvalue weighted by Crippen LogP contribution is -1.92. The van der Waals surface area contributed by atoms with E-state index in [-0.39, 0.29) is 0 Å². The number of ether oxygens (including phenoxy) is 1. The minimum atomic E-state index is 0.901. The summed E-state index contributed by atoms with van der Waals surface area (Å²) >= 11 is 1.88. The van der Waals surface area contributed by atoms with Crippen molar-refractivity contribution in [2.24, 2.45) is 0 Å². The lowest BCUT2D eigenvalue weighted by atomic mass is 10.0. The van der Waals surface area contributed by atoms with Gasteiger partial charge in [0, 0.05) is 10.6 Å². The van der Waals surface area contributed by atoms with Gasteiger partial charge in [-0.05, 0) is 56.2 Å². The van der Waals surface area contributed by atoms with E-state index in [1.165, 1.54) is 27.2 Å². The van der Waals surface area contributed by atoms with Gasteiger partial charge in [-0.1, -0.05) is 35.4 Å². The second-order valence-corrected chi connectivity index (χ2v) is 6.36. The third kappa shape index (κ3) is 4.40. The van der Waals surface area contributed by atoms with Gasteiger partial charge < -0.3 is 4.74 Å². The topological polar surface area (TPSA) is 9.23 Å². The van der Waals surface area contributed by atoms with Gasteiger partial charge in [0.05, 0.1) is 7.11 Å². The summed E-state index contributed by atoms with van der Waals surface area (Å²) in [4.78, 5) is 1.31. The van der Waals surface area contributed by atoms with Crippen LogP contribution in [0.3, 0.4) is 0 Å². The van der Waals surface area contributed by atoms with Crippen LogP contribution in [0.25, 0.3) is 5.57 Å². The zero-order valence-electron chi connectivity index (χ0n) is 13.1. The normalized spacial score (nSPS) is 10.3. The van der Waals surface area contributed by atoms with Gasteiger partial charge in [-0.15, -0.1) is 11.8 Å². The second kappa shape index (κ2) is 7.37. The molecule has 2 aromatic carbocycles. The lowest BCUT2D eigenvalue weighted by molar-refractivity contribution is 0.415. The van der Waals surface area contributed by atoms with Crippen LogP contribution >= 0.6 is 11.8 Å². The predicted octanol–water partition coefficient (Wildman–Crippen LogP) is 5.59. The Bertz CT molecular complexity index is 605. The van der Waals surface area contributed by atoms with E-state index >= 15 is 0 Å². The van der Waals surface area contributed by atoms with Gasteiger partial charge in [-0.3, -0.25) is 0 Å². The monoisotopic (exact) mass is 298 g/mol. The first-order valence-electron chi connectivity index (χ1n) is 7.10. The number of thioether (sulfide) groups is 1. The number of benzene rings is 2. The van der Waals surface area contributed by atoms with E-state index in [0.29, 0.717) is 0 Å². The molecule has 0 heterocycles. The van der Waals surface area contributed by atoms with E-state index in [1.807, 2.05) is 23.9 Å². The maximum Gasteiger partial charge on any atom is 0.118 e. The van der Waals surface area contributed by atoms with E-state index in [9.17, 15) is 0 Å². The maximum atomic E-state index is 5.23. The fourth-order valence-electron chi connectivity index (χ4n) is 2.10. The van der Waals surface area contributed by atoms with Gasteiger partial charge in [0.25, 0.3) is 0 Å². The van der Waals surface area contributed by atoms with Crippen LogP contribution in [0.5, 0.6) is 5.75 Å². The standard InChI is InChI=1S/C19H22OS/c1-14(2)19(16-7-9-17(20-4)10-8-16)13-21-18-11-5-15(3)6-12-18/h5-12H,13H2,1-4H3. The summed E-state index contributed by atoms with van der Waals surface area (Å²) in [5.74, 6) is 1.88. The number of methoxy groups -OCH3 is 1. The molecular weight excluding hydrogens is 276 g/mol. The van der Waals surface area contributed by atoms with Gasteiger partial charge in [0.15, 0.2) is 0 Å². The molecule has 0 radical (unpaired) electrons. The largest absolute Gasteiger partial charge is 0.497 e. The molecular formula is C19H22OS. The van der Waals surface area contributed by atoms with Gasteiger partial charge in [-0.2, -0.15) is 0 Å². The summed E-state index contributed by atoms with van der Waals surface area (Å²) in [5, 5.41) is 0. The van der Waals surface area contributed by atoms with Crippen molar-refractivity contribution in [2.75, 3.05) is 12.9 Å². The molecule has 0 fully saturated rings. The number of aryl methyl sites for hydroxylation is 1. The number of allylic oxidation sites excluding steroid dienone is 1. The molecule has 0 aromatic heterocycles. The Labute approximate surface area is 132 Å². The highest BCUT2D eigenvalue weighted by Gasteiger charge is 2.05. The Morgan fingerprint density at radius 3 is 2.10 bits per heavy atom. The van der Waals surface area contributed by atoms with Crippen molar-refractivity contribution < 1.29 is 4.74 Å². The number of rotatable bonds is 5. The fourth-order valence-corrected chi connectivity index (χ4v) is 3.19. The molecule has 0 aliphatic heterocycles. The molecule has 0 N–H and O–H groups in total. The molecule has 0 aliphatic carbocycles. The van der Waals surface area contributed by atoms with Crippen LogP contribution in [0, 0.1) is 6.92 Å². The summed E-state index contributed by atoms with van der Waals surface area (Å²) in [6, 6.07) is 17.0. The highest BCUT2D eigenvalue weighted by atomic mass is 32.2. The maximum absolute atomic E-state index is 5.23. The first-order chi connectivity index (χ1) is 10.1. The Balaban J connectivity index is 2.12. The zero-order valence-corrected chi connectivity index (χ0v) is 14.0. The molecule has 2 heteroatoms. The molecule has 0 atom stereocenters. The van der Waals surface area contributed by atoms with Gasteiger partial charge >= 0.3 is 0 Å². The quantitative estimate of drug-likeness (QED) is 0.665. The summed E-state index contributed by atoms with van der Waals surface area (Å²) in [6.07, 6.45) is 0. The molecule has 110 valence electrons. The Hall–Kier alpha value is -1.67. The van der Waals surface area contributed by atoms with E-state index < -0.39 is 0 Å². The van der Waals surface area contributed by atoms with Crippen LogP contribution in [0.2, 0.25) is 0 Å². The Morgan fingerprint density at radius 1 is 0.952 bits per heavy atom. The van der Waals surface area contributed by atoms with Crippen LogP contribution in [0.4, 0.5) is 0 Å². The first-order valence-corrected chi connectivity index (χ1v) is 8.09. The minimum Gasteiger partial charge on any atom is -0.497 e. The fraction of sp³-hybridized carbons (Fsp3) is 0.263. The van der Waals surface area contributed by atoms with Crippen LogP contribution in [0.15, 0.2) is 59.0 Å². The molecule has 0 unspecified atom stereocenters. The molecule has 0 amide bonds. The van der Waals surface area contributed by atoms with E-state index in [4.69, 9.17) is 4.74 Å². The highest BCUT2D eigenvalue weighted by Crippen LogP contribution is 2.29. The number of hydrogen-bond acceptors (Lipinski definition) is 2. The molecule has 1 nitrogen and oxygen atoms in total. The van der Waals surface area contributed by atoms with Crippen molar-refractivity contribution in [3.63, 3.8) is 0 Å². The molecule has 2 aromatic rings. The highest BCUT2D eigenvalue weighted by molar-refractivity contribution is 7.99. The SMILES string of the molecule is COc1ccc(C(CSc2ccc(C)cc2)=C(C)C)cc1. The molecule has 0 aliphatic rings. The molecule has 2 rings (SSSR count). The average molecular weight is 298 g/mol. The van der Waals surface area contributed by atoms with Crippen molar-refractivity contribution >= 4 is 17.3 Å². The van der Waals surface area contributed by atoms with Crippen molar-refractivity contribution in [1.82, 2.24) is 0 Å². The van der Waals surface area contributed by atoms with Crippen LogP contribution < -0.4 is 4.74 Å². The van der Waals surface area contributed by atoms with Gasteiger partial charge in [0.1, 0.15) is 5.75 Å². The minimum absolute atomic E-state index is 0.901. The summed E-state index contributed by atoms with van der Waals surface area (Å²) in [7, 11) is 1.70. The molecule has 0 saturated heterocycles. The zero-order chi connectivity index (χ0) is 15.2. The first kappa shape index (κ1) is 15.7. The predicted molar refractivity (Wildman–Crippen MR) is 93.2 cm³/mol. The smallest absolute Gasteiger partial charge is 0.118 e. The van der Waals surface area contributed by atoms with Crippen molar-refractivity contribution in [3.8, 4) is 5.75 Å². The van der Waals surface area contributed by atoms with Crippen molar-refractivity contribution in [3.05, 3.63) is 65.2 Å². The summed E-state index contributed by atoms with van der Waals surface area (Å²) in [6.45, 7) is 6.47. The Morgan fingerprint density at radius 2 is 1.57 bits per heavy atom. The molecule has 0 saturated carbocycles. The second-order valence-electron chi connectivity index (χ2n) is 5.31. The van der Waals surface area contributed by atoms with E-state index in [2.05, 4.69) is 57.2 Å². The molecule has 0 spiro atoms. The van der Waals surface area contributed by atoms with Crippen molar-refractivity contribution in [2.45, 2.75) is 25.7 Å². The van der Waals surface area contributed by atoms with E-state index in [1.54, 1.807) is 7.11 Å². The van der Waals surface area contributed by atoms with Gasteiger partial charge in [0.2, 0.25) is 0 Å². The van der Waals surface area contributed by atoms with Gasteiger partial charge in [-0.25, -0.2) is 0 Å². The van der Waals surface area contributed by atoms with E-state index in [0.717, 1.165) is 11.5 Å². The van der Waals surface area contributed by atoms with Crippen LogP contribution in [-0.4, -0.2) is 12.9 Å². The third-order valence-electron chi connectivity index (χ3n) is 3.45. The number of hydrogen-bond donors (Lipinski definition) is 0. The van der Waals surface area contributed by atoms with Crippen LogP contribution in [-0.2, 0) is 0 Å². The molecule has 21 heavy (non-hydrogen) atoms. The van der Waals surface area contributed by atoms with Crippen LogP contribution in [0.1, 0.15) is 25.0 Å². The average Bonchev–Trinajstić information content (AvgIpc) is 2.49. The van der Waals surface area contributed by atoms with Crippen molar-refractivity contribution in [1.29, 1.82) is 0 Å². The Kier molecular flexibility index (Phi) is 5.51. The summed E-state index contributed by atoms with van der Waals surface area (Å²) in [5.41, 5.74) is 5.33. The summed E-state index contributed by atoms with van der Waals surface area (Å²) < 4.78 is 5.23.